The van der Waals surface area contributed by atoms with E-state index < -0.39 is 0 Å². The average Bonchev–Trinajstić information content (AvgIpc) is 2.22. The van der Waals surface area contributed by atoms with Crippen molar-refractivity contribution in [2.45, 2.75) is 72.2 Å². The van der Waals surface area contributed by atoms with Gasteiger partial charge in [-0.1, -0.05) is 41.0 Å². The standard InChI is InChI=1S/C13H26O2/c1-6-9-11-12(4,5)10-14-13(7-2,8-3)15-11/h11H,6-10H2,1-5H3. The van der Waals surface area contributed by atoms with Crippen LogP contribution in [-0.2, 0) is 9.47 Å². The Labute approximate surface area is 94.3 Å². The minimum absolute atomic E-state index is 0.157. The summed E-state index contributed by atoms with van der Waals surface area (Å²) in [5.41, 5.74) is 0.157. The van der Waals surface area contributed by atoms with Gasteiger partial charge in [0, 0.05) is 5.41 Å². The molecule has 0 bridgehead atoms. The van der Waals surface area contributed by atoms with Crippen molar-refractivity contribution in [1.82, 2.24) is 0 Å². The van der Waals surface area contributed by atoms with E-state index in [4.69, 9.17) is 9.47 Å². The van der Waals surface area contributed by atoms with Crippen LogP contribution in [0.1, 0.15) is 60.3 Å². The van der Waals surface area contributed by atoms with Crippen LogP contribution < -0.4 is 0 Å². The maximum Gasteiger partial charge on any atom is 0.168 e. The Kier molecular flexibility index (Phi) is 4.19. The second-order valence-corrected chi connectivity index (χ2v) is 5.29. The van der Waals surface area contributed by atoms with Crippen LogP contribution in [0.4, 0.5) is 0 Å². The van der Waals surface area contributed by atoms with E-state index in [9.17, 15) is 0 Å². The van der Waals surface area contributed by atoms with E-state index in [-0.39, 0.29) is 11.2 Å². The lowest BCUT2D eigenvalue weighted by molar-refractivity contribution is -0.332. The lowest BCUT2D eigenvalue weighted by atomic mass is 9.83. The highest BCUT2D eigenvalue weighted by Gasteiger charge is 2.44. The van der Waals surface area contributed by atoms with E-state index >= 15 is 0 Å². The number of rotatable bonds is 4. The highest BCUT2D eigenvalue weighted by Crippen LogP contribution is 2.39. The van der Waals surface area contributed by atoms with Gasteiger partial charge in [0.25, 0.3) is 0 Å². The second kappa shape index (κ2) is 4.84. The first-order chi connectivity index (χ1) is 6.99. The average molecular weight is 214 g/mol. The monoisotopic (exact) mass is 214 g/mol. The van der Waals surface area contributed by atoms with Gasteiger partial charge in [0.1, 0.15) is 0 Å². The summed E-state index contributed by atoms with van der Waals surface area (Å²) in [7, 11) is 0. The van der Waals surface area contributed by atoms with Crippen LogP contribution in [0.15, 0.2) is 0 Å². The van der Waals surface area contributed by atoms with E-state index in [1.807, 2.05) is 0 Å². The summed E-state index contributed by atoms with van der Waals surface area (Å²) >= 11 is 0. The van der Waals surface area contributed by atoms with E-state index in [1.54, 1.807) is 0 Å². The molecule has 1 fully saturated rings. The van der Waals surface area contributed by atoms with E-state index in [0.717, 1.165) is 25.9 Å². The molecule has 0 aliphatic carbocycles. The molecule has 0 N–H and O–H groups in total. The fourth-order valence-corrected chi connectivity index (χ4v) is 2.20. The van der Waals surface area contributed by atoms with Crippen LogP contribution in [0.3, 0.4) is 0 Å². The fourth-order valence-electron chi connectivity index (χ4n) is 2.20. The normalized spacial score (nSPS) is 29.0. The van der Waals surface area contributed by atoms with Crippen molar-refractivity contribution in [2.24, 2.45) is 5.41 Å². The van der Waals surface area contributed by atoms with Crippen molar-refractivity contribution < 1.29 is 9.47 Å². The van der Waals surface area contributed by atoms with Gasteiger partial charge in [-0.2, -0.15) is 0 Å². The van der Waals surface area contributed by atoms with Crippen molar-refractivity contribution in [3.8, 4) is 0 Å². The summed E-state index contributed by atoms with van der Waals surface area (Å²) in [5.74, 6) is -0.310. The van der Waals surface area contributed by atoms with Gasteiger partial charge in [-0.15, -0.1) is 0 Å². The van der Waals surface area contributed by atoms with Crippen molar-refractivity contribution in [2.75, 3.05) is 6.61 Å². The zero-order valence-electron chi connectivity index (χ0n) is 10.9. The molecule has 0 amide bonds. The van der Waals surface area contributed by atoms with Crippen molar-refractivity contribution in [3.63, 3.8) is 0 Å². The van der Waals surface area contributed by atoms with Gasteiger partial charge in [-0.25, -0.2) is 0 Å². The Balaban J connectivity index is 2.73. The molecule has 2 heteroatoms. The molecule has 0 radical (unpaired) electrons. The molecule has 1 saturated heterocycles. The molecule has 1 aliphatic heterocycles. The SMILES string of the molecule is CCCC1OC(CC)(CC)OCC1(C)C. The molecule has 1 rings (SSSR count). The van der Waals surface area contributed by atoms with Gasteiger partial charge in [0.2, 0.25) is 0 Å². The van der Waals surface area contributed by atoms with Crippen LogP contribution >= 0.6 is 0 Å². The third-order valence-corrected chi connectivity index (χ3v) is 3.56. The summed E-state index contributed by atoms with van der Waals surface area (Å²) in [5, 5.41) is 0. The zero-order valence-corrected chi connectivity index (χ0v) is 10.9. The molecule has 2 nitrogen and oxygen atoms in total. The highest BCUT2D eigenvalue weighted by atomic mass is 16.7. The van der Waals surface area contributed by atoms with E-state index in [2.05, 4.69) is 34.6 Å². The molecule has 0 spiro atoms. The quantitative estimate of drug-likeness (QED) is 0.709. The first kappa shape index (κ1) is 13.0. The maximum atomic E-state index is 6.21. The lowest BCUT2D eigenvalue weighted by Gasteiger charge is -2.48. The minimum atomic E-state index is -0.310. The second-order valence-electron chi connectivity index (χ2n) is 5.29. The van der Waals surface area contributed by atoms with E-state index in [0.29, 0.717) is 6.10 Å². The summed E-state index contributed by atoms with van der Waals surface area (Å²) in [6, 6.07) is 0. The molecule has 0 aromatic heterocycles. The molecular weight excluding hydrogens is 188 g/mol. The molecular formula is C13H26O2. The van der Waals surface area contributed by atoms with Gasteiger partial charge in [-0.05, 0) is 19.3 Å². The predicted molar refractivity (Wildman–Crippen MR) is 62.8 cm³/mol. The topological polar surface area (TPSA) is 18.5 Å². The third-order valence-electron chi connectivity index (χ3n) is 3.56. The minimum Gasteiger partial charge on any atom is -0.349 e. The van der Waals surface area contributed by atoms with Crippen LogP contribution in [0, 0.1) is 5.41 Å². The first-order valence-corrected chi connectivity index (χ1v) is 6.31. The molecule has 1 aliphatic rings. The summed E-state index contributed by atoms with van der Waals surface area (Å²) in [6.07, 6.45) is 4.55. The Hall–Kier alpha value is -0.0800. The maximum absolute atomic E-state index is 6.21. The summed E-state index contributed by atoms with van der Waals surface area (Å²) in [6.45, 7) is 11.8. The molecule has 90 valence electrons. The van der Waals surface area contributed by atoms with Gasteiger partial charge in [-0.3, -0.25) is 0 Å². The number of hydrogen-bond acceptors (Lipinski definition) is 2. The van der Waals surface area contributed by atoms with Crippen LogP contribution in [-0.4, -0.2) is 18.5 Å². The Morgan fingerprint density at radius 3 is 2.20 bits per heavy atom. The molecule has 15 heavy (non-hydrogen) atoms. The number of hydrogen-bond donors (Lipinski definition) is 0. The first-order valence-electron chi connectivity index (χ1n) is 6.31. The molecule has 0 saturated carbocycles. The lowest BCUT2D eigenvalue weighted by Crippen LogP contribution is -2.52. The Morgan fingerprint density at radius 2 is 1.73 bits per heavy atom. The smallest absolute Gasteiger partial charge is 0.168 e. The summed E-state index contributed by atoms with van der Waals surface area (Å²) < 4.78 is 12.1. The van der Waals surface area contributed by atoms with E-state index in [1.165, 1.54) is 6.42 Å². The van der Waals surface area contributed by atoms with Crippen LogP contribution in [0.2, 0.25) is 0 Å². The summed E-state index contributed by atoms with van der Waals surface area (Å²) in [4.78, 5) is 0. The largest absolute Gasteiger partial charge is 0.349 e. The zero-order chi connectivity index (χ0) is 11.5. The number of ether oxygens (including phenoxy) is 2. The van der Waals surface area contributed by atoms with Gasteiger partial charge in [0.15, 0.2) is 5.79 Å². The fraction of sp³-hybridized carbons (Fsp3) is 1.00. The molecule has 1 unspecified atom stereocenters. The van der Waals surface area contributed by atoms with Gasteiger partial charge >= 0.3 is 0 Å². The van der Waals surface area contributed by atoms with Crippen LogP contribution in [0.25, 0.3) is 0 Å². The van der Waals surface area contributed by atoms with Crippen molar-refractivity contribution >= 4 is 0 Å². The van der Waals surface area contributed by atoms with Crippen molar-refractivity contribution in [1.29, 1.82) is 0 Å². The molecule has 1 atom stereocenters. The molecule has 0 aromatic rings. The predicted octanol–water partition coefficient (Wildman–Crippen LogP) is 3.74. The highest BCUT2D eigenvalue weighted by molar-refractivity contribution is 4.86. The third kappa shape index (κ3) is 2.73. The van der Waals surface area contributed by atoms with Crippen molar-refractivity contribution in [3.05, 3.63) is 0 Å². The Bertz CT molecular complexity index is 195. The van der Waals surface area contributed by atoms with Gasteiger partial charge in [0.05, 0.1) is 12.7 Å². The van der Waals surface area contributed by atoms with Crippen LogP contribution in [0.5, 0.6) is 0 Å². The molecule has 1 heterocycles. The van der Waals surface area contributed by atoms with Gasteiger partial charge < -0.3 is 9.47 Å². The molecule has 0 aromatic carbocycles. The Morgan fingerprint density at radius 1 is 1.13 bits per heavy atom.